The third-order valence-corrected chi connectivity index (χ3v) is 7.74. The number of carbonyl (C=O) groups is 4. The molecule has 2 atom stereocenters. The first-order valence-corrected chi connectivity index (χ1v) is 15.2. The maximum Gasteiger partial charge on any atom is 0.490 e. The standard InChI is InChI=1S/C28H32N4O5.2C2HF3O2/c1-18-14-20(23-4-2-3-5-25(23)29-18)17-37-22-8-6-19(7-9-22)27(33)30-26-16-32(15-24(26)28(34)31-35)21-10-12-36-13-11-21;2*3-2(4,5)1(6)7/h2-9,14,21,24,26,35H,10-13,15-17H2,1H3,(H,30,33)(H,31,34);2*(H,6,7)/t24-,26+;;/m0../s1. The van der Waals surface area contributed by atoms with Gasteiger partial charge in [0.05, 0.1) is 17.5 Å². The van der Waals surface area contributed by atoms with E-state index in [1.165, 1.54) is 0 Å². The minimum absolute atomic E-state index is 0.267. The van der Waals surface area contributed by atoms with Gasteiger partial charge in [0.1, 0.15) is 12.4 Å². The number of aryl methyl sites for hydroxylation is 1. The number of carboxylic acid groups (broad SMARTS) is 2. The molecule has 0 saturated carbocycles. The molecule has 0 bridgehead atoms. The number of fused-ring (bicyclic) bond motifs is 1. The van der Waals surface area contributed by atoms with Gasteiger partial charge in [-0.3, -0.25) is 24.7 Å². The van der Waals surface area contributed by atoms with Crippen LogP contribution in [-0.4, -0.2) is 99.8 Å². The average molecular weight is 733 g/mol. The summed E-state index contributed by atoms with van der Waals surface area (Å²) in [5.41, 5.74) is 5.15. The van der Waals surface area contributed by atoms with Crippen LogP contribution in [0.5, 0.6) is 5.75 Å². The lowest BCUT2D eigenvalue weighted by Gasteiger charge is -2.31. The Hall–Kier alpha value is -5.01. The van der Waals surface area contributed by atoms with E-state index in [1.807, 2.05) is 37.3 Å². The van der Waals surface area contributed by atoms with Crippen LogP contribution in [0.2, 0.25) is 0 Å². The molecular formula is C32H34F6N4O9. The van der Waals surface area contributed by atoms with E-state index in [0.29, 0.717) is 50.3 Å². The Bertz CT molecular complexity index is 1640. The first-order valence-electron chi connectivity index (χ1n) is 15.2. The smallest absolute Gasteiger partial charge is 0.489 e. The van der Waals surface area contributed by atoms with Crippen LogP contribution in [0.25, 0.3) is 10.9 Å². The number of nitrogens with one attached hydrogen (secondary N) is 2. The predicted octanol–water partition coefficient (Wildman–Crippen LogP) is 4.10. The number of amides is 2. The van der Waals surface area contributed by atoms with E-state index in [2.05, 4.69) is 15.2 Å². The van der Waals surface area contributed by atoms with Crippen LogP contribution in [0, 0.1) is 12.8 Å². The highest BCUT2D eigenvalue weighted by Crippen LogP contribution is 2.26. The second-order valence-corrected chi connectivity index (χ2v) is 11.3. The van der Waals surface area contributed by atoms with Gasteiger partial charge in [-0.25, -0.2) is 15.1 Å². The van der Waals surface area contributed by atoms with Gasteiger partial charge in [0, 0.05) is 54.6 Å². The molecule has 278 valence electrons. The second-order valence-electron chi connectivity index (χ2n) is 11.3. The fraction of sp³-hybridized carbons (Fsp3) is 0.406. The van der Waals surface area contributed by atoms with Gasteiger partial charge in [-0.15, -0.1) is 0 Å². The molecule has 51 heavy (non-hydrogen) atoms. The Morgan fingerprint density at radius 2 is 1.49 bits per heavy atom. The molecule has 3 heterocycles. The van der Waals surface area contributed by atoms with Crippen molar-refractivity contribution in [1.29, 1.82) is 0 Å². The van der Waals surface area contributed by atoms with E-state index in [0.717, 1.165) is 35.0 Å². The van der Waals surface area contributed by atoms with E-state index in [1.54, 1.807) is 29.7 Å². The molecule has 2 aliphatic heterocycles. The van der Waals surface area contributed by atoms with Gasteiger partial charge in [-0.05, 0) is 56.2 Å². The number of para-hydroxylation sites is 1. The van der Waals surface area contributed by atoms with Crippen molar-refractivity contribution in [2.75, 3.05) is 26.3 Å². The number of aromatic nitrogens is 1. The zero-order chi connectivity index (χ0) is 37.9. The summed E-state index contributed by atoms with van der Waals surface area (Å²) in [4.78, 5) is 49.9. The van der Waals surface area contributed by atoms with Crippen molar-refractivity contribution in [1.82, 2.24) is 20.7 Å². The number of hydroxylamine groups is 1. The molecule has 0 unspecified atom stereocenters. The lowest BCUT2D eigenvalue weighted by atomic mass is 10.0. The normalized spacial score (nSPS) is 18.0. The van der Waals surface area contributed by atoms with E-state index in [-0.39, 0.29) is 5.91 Å². The van der Waals surface area contributed by atoms with Crippen LogP contribution in [0.1, 0.15) is 34.5 Å². The largest absolute Gasteiger partial charge is 0.490 e. The number of hydrogen-bond acceptors (Lipinski definition) is 9. The Balaban J connectivity index is 0.000000424. The summed E-state index contributed by atoms with van der Waals surface area (Å²) in [5, 5.41) is 27.5. The predicted molar refractivity (Wildman–Crippen MR) is 165 cm³/mol. The van der Waals surface area contributed by atoms with Gasteiger partial charge in [0.2, 0.25) is 5.91 Å². The third kappa shape index (κ3) is 12.1. The van der Waals surface area contributed by atoms with Crippen molar-refractivity contribution in [3.05, 3.63) is 71.4 Å². The molecule has 5 N–H and O–H groups in total. The number of benzene rings is 2. The van der Waals surface area contributed by atoms with Gasteiger partial charge in [0.15, 0.2) is 0 Å². The lowest BCUT2D eigenvalue weighted by Crippen LogP contribution is -2.45. The number of likely N-dealkylation sites (tertiary alicyclic amines) is 1. The number of rotatable bonds is 7. The molecule has 2 amide bonds. The van der Waals surface area contributed by atoms with Gasteiger partial charge < -0.3 is 25.0 Å². The molecule has 2 saturated heterocycles. The Morgan fingerprint density at radius 3 is 2.04 bits per heavy atom. The van der Waals surface area contributed by atoms with Crippen LogP contribution in [-0.2, 0) is 25.7 Å². The highest BCUT2D eigenvalue weighted by molar-refractivity contribution is 5.95. The van der Waals surface area contributed by atoms with E-state index in [4.69, 9.17) is 29.3 Å². The van der Waals surface area contributed by atoms with Gasteiger partial charge in [0.25, 0.3) is 5.91 Å². The Labute approximate surface area is 286 Å². The molecule has 3 aromatic rings. The molecule has 0 aliphatic carbocycles. The number of aliphatic carboxylic acids is 2. The van der Waals surface area contributed by atoms with Crippen molar-refractivity contribution < 1.29 is 70.4 Å². The van der Waals surface area contributed by atoms with Crippen LogP contribution in [0.3, 0.4) is 0 Å². The molecule has 19 heteroatoms. The van der Waals surface area contributed by atoms with Gasteiger partial charge in [-0.1, -0.05) is 18.2 Å². The topological polar surface area (TPSA) is 188 Å². The first-order chi connectivity index (χ1) is 23.9. The second kappa shape index (κ2) is 17.8. The third-order valence-electron chi connectivity index (χ3n) is 7.74. The summed E-state index contributed by atoms with van der Waals surface area (Å²) in [6.45, 7) is 4.77. The molecular weight excluding hydrogens is 698 g/mol. The fourth-order valence-corrected chi connectivity index (χ4v) is 5.31. The van der Waals surface area contributed by atoms with Gasteiger partial charge in [-0.2, -0.15) is 26.3 Å². The number of carboxylic acids is 2. The summed E-state index contributed by atoms with van der Waals surface area (Å²) in [6, 6.07) is 16.9. The van der Waals surface area contributed by atoms with Crippen LogP contribution < -0.4 is 15.5 Å². The average Bonchev–Trinajstić information content (AvgIpc) is 3.50. The van der Waals surface area contributed by atoms with Crippen molar-refractivity contribution in [2.45, 2.75) is 50.8 Å². The van der Waals surface area contributed by atoms with Crippen molar-refractivity contribution >= 4 is 34.7 Å². The number of hydrogen-bond donors (Lipinski definition) is 5. The number of halogens is 6. The number of nitrogens with zero attached hydrogens (tertiary/aromatic N) is 2. The zero-order valence-corrected chi connectivity index (χ0v) is 26.8. The minimum Gasteiger partial charge on any atom is -0.489 e. The fourth-order valence-electron chi connectivity index (χ4n) is 5.31. The zero-order valence-electron chi connectivity index (χ0n) is 26.8. The van der Waals surface area contributed by atoms with Crippen molar-refractivity contribution in [2.24, 2.45) is 5.92 Å². The maximum atomic E-state index is 13.0. The molecule has 0 spiro atoms. The summed E-state index contributed by atoms with van der Waals surface area (Å²) < 4.78 is 74.9. The quantitative estimate of drug-likeness (QED) is 0.134. The number of alkyl halides is 6. The minimum atomic E-state index is -5.08. The van der Waals surface area contributed by atoms with Crippen LogP contribution in [0.4, 0.5) is 26.3 Å². The first kappa shape index (κ1) is 40.4. The van der Waals surface area contributed by atoms with E-state index >= 15 is 0 Å². The van der Waals surface area contributed by atoms with Gasteiger partial charge >= 0.3 is 24.3 Å². The summed E-state index contributed by atoms with van der Waals surface area (Å²) >= 11 is 0. The molecule has 13 nitrogen and oxygen atoms in total. The van der Waals surface area contributed by atoms with Crippen molar-refractivity contribution in [3.8, 4) is 5.75 Å². The summed E-state index contributed by atoms with van der Waals surface area (Å²) in [6.07, 6.45) is -8.38. The van der Waals surface area contributed by atoms with E-state index < -0.39 is 42.2 Å². The Kier molecular flexibility index (Phi) is 14.1. The highest BCUT2D eigenvalue weighted by Gasteiger charge is 2.41. The molecule has 2 fully saturated rings. The maximum absolute atomic E-state index is 13.0. The Morgan fingerprint density at radius 1 is 0.922 bits per heavy atom. The SMILES string of the molecule is Cc1cc(COc2ccc(C(=O)N[C@@H]3CN(C4CCOCC4)C[C@@H]3C(=O)NO)cc2)c2ccccc2n1.O=C(O)C(F)(F)F.O=C(O)C(F)(F)F. The van der Waals surface area contributed by atoms with Crippen LogP contribution >= 0.6 is 0 Å². The number of ether oxygens (including phenoxy) is 2. The highest BCUT2D eigenvalue weighted by atomic mass is 19.4. The lowest BCUT2D eigenvalue weighted by molar-refractivity contribution is -0.193. The van der Waals surface area contributed by atoms with E-state index in [9.17, 15) is 41.1 Å². The molecule has 2 aliphatic rings. The number of carbonyl (C=O) groups excluding carboxylic acids is 2. The molecule has 5 rings (SSSR count). The summed E-state index contributed by atoms with van der Waals surface area (Å²) in [7, 11) is 0. The summed E-state index contributed by atoms with van der Waals surface area (Å²) in [5.74, 6) is -6.14. The number of pyridine rings is 1. The van der Waals surface area contributed by atoms with Crippen LogP contribution in [0.15, 0.2) is 54.6 Å². The molecule has 1 aromatic heterocycles. The van der Waals surface area contributed by atoms with Crippen molar-refractivity contribution in [3.63, 3.8) is 0 Å². The monoisotopic (exact) mass is 732 g/mol. The molecule has 0 radical (unpaired) electrons. The molecule has 2 aromatic carbocycles.